The van der Waals surface area contributed by atoms with E-state index in [0.717, 1.165) is 29.4 Å². The molecule has 1 aromatic heterocycles. The molecule has 2 N–H and O–H groups in total. The number of carbonyl (C=O) groups is 1. The minimum Gasteiger partial charge on any atom is -0.352 e. The summed E-state index contributed by atoms with van der Waals surface area (Å²) >= 11 is 3.53. The van der Waals surface area contributed by atoms with Crippen LogP contribution in [0.25, 0.3) is 0 Å². The molecule has 0 saturated carbocycles. The molecule has 0 aliphatic heterocycles. The van der Waals surface area contributed by atoms with Gasteiger partial charge in [-0.15, -0.1) is 0 Å². The molecule has 1 aromatic carbocycles. The summed E-state index contributed by atoms with van der Waals surface area (Å²) in [6.07, 6.45) is 4.93. The molecule has 5 heteroatoms. The Hall–Kier alpha value is -1.88. The van der Waals surface area contributed by atoms with Crippen LogP contribution in [0.1, 0.15) is 42.1 Å². The lowest BCUT2D eigenvalue weighted by atomic mass is 10.2. The molecule has 0 fully saturated rings. The molecule has 0 spiro atoms. The second-order valence-corrected chi connectivity index (χ2v) is 6.36. The molecule has 0 aliphatic rings. The maximum Gasteiger partial charge on any atom is 0.251 e. The van der Waals surface area contributed by atoms with Crippen LogP contribution < -0.4 is 10.6 Å². The molecule has 0 atom stereocenters. The van der Waals surface area contributed by atoms with Crippen LogP contribution in [-0.2, 0) is 0 Å². The van der Waals surface area contributed by atoms with E-state index < -0.39 is 0 Å². The van der Waals surface area contributed by atoms with Gasteiger partial charge in [-0.05, 0) is 59.1 Å². The molecule has 4 nitrogen and oxygen atoms in total. The van der Waals surface area contributed by atoms with Crippen LogP contribution in [0.3, 0.4) is 0 Å². The first-order valence-electron chi connectivity index (χ1n) is 7.87. The number of unbranched alkanes of at least 4 members (excludes halogenated alkanes) is 2. The maximum absolute atomic E-state index is 12.1. The molecule has 0 aliphatic carbocycles. The number of amides is 1. The number of aryl methyl sites for hydroxylation is 1. The Morgan fingerprint density at radius 3 is 2.78 bits per heavy atom. The molecule has 0 saturated heterocycles. The zero-order valence-electron chi connectivity index (χ0n) is 13.5. The van der Waals surface area contributed by atoms with Gasteiger partial charge in [-0.1, -0.05) is 25.8 Å². The van der Waals surface area contributed by atoms with E-state index in [-0.39, 0.29) is 5.91 Å². The van der Waals surface area contributed by atoms with Gasteiger partial charge in [-0.3, -0.25) is 4.79 Å². The molecule has 0 radical (unpaired) electrons. The van der Waals surface area contributed by atoms with Gasteiger partial charge in [0.05, 0.1) is 5.69 Å². The minimum atomic E-state index is -0.0606. The molecule has 23 heavy (non-hydrogen) atoms. The number of halogens is 1. The highest BCUT2D eigenvalue weighted by Crippen LogP contribution is 2.26. The SMILES string of the molecule is CCCCCNC(=O)c1ccnc(Nc2ccc(C)cc2Br)c1. The van der Waals surface area contributed by atoms with E-state index >= 15 is 0 Å². The number of hydrogen-bond donors (Lipinski definition) is 2. The van der Waals surface area contributed by atoms with E-state index in [9.17, 15) is 4.79 Å². The van der Waals surface area contributed by atoms with Gasteiger partial charge in [0.1, 0.15) is 5.82 Å². The standard InChI is InChI=1S/C18H22BrN3O/c1-3-4-5-9-21-18(23)14-8-10-20-17(12-14)22-16-7-6-13(2)11-15(16)19/h6-8,10-12H,3-5,9H2,1-2H3,(H,20,22)(H,21,23). The topological polar surface area (TPSA) is 54.0 Å². The summed E-state index contributed by atoms with van der Waals surface area (Å²) in [4.78, 5) is 16.4. The highest BCUT2D eigenvalue weighted by Gasteiger charge is 2.07. The number of anilines is 2. The molecule has 2 aromatic rings. The third-order valence-electron chi connectivity index (χ3n) is 3.48. The number of nitrogens with one attached hydrogen (secondary N) is 2. The summed E-state index contributed by atoms with van der Waals surface area (Å²) in [5.41, 5.74) is 2.71. The highest BCUT2D eigenvalue weighted by molar-refractivity contribution is 9.10. The van der Waals surface area contributed by atoms with Crippen molar-refractivity contribution in [3.63, 3.8) is 0 Å². The summed E-state index contributed by atoms with van der Waals surface area (Å²) in [5.74, 6) is 0.588. The molecular weight excluding hydrogens is 354 g/mol. The average Bonchev–Trinajstić information content (AvgIpc) is 2.54. The monoisotopic (exact) mass is 375 g/mol. The van der Waals surface area contributed by atoms with Crippen LogP contribution in [-0.4, -0.2) is 17.4 Å². The van der Waals surface area contributed by atoms with Crippen LogP contribution in [0.2, 0.25) is 0 Å². The Morgan fingerprint density at radius 2 is 2.04 bits per heavy atom. The Balaban J connectivity index is 2.03. The molecule has 1 amide bonds. The fourth-order valence-electron chi connectivity index (χ4n) is 2.18. The summed E-state index contributed by atoms with van der Waals surface area (Å²) in [6, 6.07) is 9.54. The summed E-state index contributed by atoms with van der Waals surface area (Å²) in [6.45, 7) is 4.89. The second-order valence-electron chi connectivity index (χ2n) is 5.50. The van der Waals surface area contributed by atoms with Crippen molar-refractivity contribution < 1.29 is 4.79 Å². The van der Waals surface area contributed by atoms with Crippen molar-refractivity contribution in [3.05, 3.63) is 52.1 Å². The van der Waals surface area contributed by atoms with Crippen molar-refractivity contribution in [2.24, 2.45) is 0 Å². The van der Waals surface area contributed by atoms with E-state index in [1.807, 2.05) is 25.1 Å². The van der Waals surface area contributed by atoms with Gasteiger partial charge in [-0.2, -0.15) is 0 Å². The third kappa shape index (κ3) is 5.36. The number of hydrogen-bond acceptors (Lipinski definition) is 3. The van der Waals surface area contributed by atoms with Crippen molar-refractivity contribution in [2.45, 2.75) is 33.1 Å². The Morgan fingerprint density at radius 1 is 1.22 bits per heavy atom. The predicted octanol–water partition coefficient (Wildman–Crippen LogP) is 4.82. The Bertz CT molecular complexity index is 673. The highest BCUT2D eigenvalue weighted by atomic mass is 79.9. The van der Waals surface area contributed by atoms with Gasteiger partial charge in [0.15, 0.2) is 0 Å². The molecular formula is C18H22BrN3O. The minimum absolute atomic E-state index is 0.0606. The van der Waals surface area contributed by atoms with Crippen molar-refractivity contribution in [3.8, 4) is 0 Å². The van der Waals surface area contributed by atoms with E-state index in [1.165, 1.54) is 5.56 Å². The van der Waals surface area contributed by atoms with Crippen LogP contribution in [0.4, 0.5) is 11.5 Å². The van der Waals surface area contributed by atoms with E-state index in [4.69, 9.17) is 0 Å². The number of rotatable bonds is 7. The predicted molar refractivity (Wildman–Crippen MR) is 98.3 cm³/mol. The zero-order valence-corrected chi connectivity index (χ0v) is 15.1. The van der Waals surface area contributed by atoms with E-state index in [0.29, 0.717) is 17.9 Å². The average molecular weight is 376 g/mol. The van der Waals surface area contributed by atoms with E-state index in [2.05, 4.69) is 38.5 Å². The van der Waals surface area contributed by atoms with Gasteiger partial charge < -0.3 is 10.6 Å². The molecule has 122 valence electrons. The van der Waals surface area contributed by atoms with Crippen molar-refractivity contribution >= 4 is 33.3 Å². The third-order valence-corrected chi connectivity index (χ3v) is 4.13. The summed E-state index contributed by atoms with van der Waals surface area (Å²) in [7, 11) is 0. The number of carbonyl (C=O) groups excluding carboxylic acids is 1. The van der Waals surface area contributed by atoms with Crippen molar-refractivity contribution in [1.29, 1.82) is 0 Å². The second kappa shape index (κ2) is 8.67. The van der Waals surface area contributed by atoms with Crippen LogP contribution in [0.5, 0.6) is 0 Å². The van der Waals surface area contributed by atoms with E-state index in [1.54, 1.807) is 18.3 Å². The van der Waals surface area contributed by atoms with Crippen LogP contribution in [0.15, 0.2) is 41.0 Å². The van der Waals surface area contributed by atoms with Gasteiger partial charge in [-0.25, -0.2) is 4.98 Å². The Labute approximate surface area is 145 Å². The van der Waals surface area contributed by atoms with Crippen LogP contribution >= 0.6 is 15.9 Å². The fraction of sp³-hybridized carbons (Fsp3) is 0.333. The normalized spacial score (nSPS) is 10.4. The molecule has 2 rings (SSSR count). The molecule has 1 heterocycles. The van der Waals surface area contributed by atoms with Crippen LogP contribution in [0, 0.1) is 6.92 Å². The number of benzene rings is 1. The number of aromatic nitrogens is 1. The van der Waals surface area contributed by atoms with Gasteiger partial charge in [0.25, 0.3) is 5.91 Å². The zero-order chi connectivity index (χ0) is 16.7. The largest absolute Gasteiger partial charge is 0.352 e. The lowest BCUT2D eigenvalue weighted by Gasteiger charge is -2.10. The van der Waals surface area contributed by atoms with Gasteiger partial charge in [0.2, 0.25) is 0 Å². The van der Waals surface area contributed by atoms with Gasteiger partial charge >= 0.3 is 0 Å². The van der Waals surface area contributed by atoms with Crippen molar-refractivity contribution in [1.82, 2.24) is 10.3 Å². The summed E-state index contributed by atoms with van der Waals surface area (Å²) < 4.78 is 0.966. The quantitative estimate of drug-likeness (QED) is 0.682. The smallest absolute Gasteiger partial charge is 0.251 e. The molecule has 0 bridgehead atoms. The summed E-state index contributed by atoms with van der Waals surface area (Å²) in [5, 5.41) is 6.17. The maximum atomic E-state index is 12.1. The number of nitrogens with zero attached hydrogens (tertiary/aromatic N) is 1. The number of pyridine rings is 1. The molecule has 0 unspecified atom stereocenters. The first-order valence-corrected chi connectivity index (χ1v) is 8.67. The lowest BCUT2D eigenvalue weighted by molar-refractivity contribution is 0.0953. The first-order chi connectivity index (χ1) is 11.1. The first kappa shape index (κ1) is 17.5. The lowest BCUT2D eigenvalue weighted by Crippen LogP contribution is -2.24. The Kier molecular flexibility index (Phi) is 6.59. The fourth-order valence-corrected chi connectivity index (χ4v) is 2.77. The van der Waals surface area contributed by atoms with Crippen molar-refractivity contribution in [2.75, 3.05) is 11.9 Å². The van der Waals surface area contributed by atoms with Gasteiger partial charge in [0, 0.05) is 22.8 Å².